The molecule has 2 rings (SSSR count). The van der Waals surface area contributed by atoms with Crippen molar-refractivity contribution in [1.29, 1.82) is 0 Å². The van der Waals surface area contributed by atoms with Gasteiger partial charge in [0.25, 0.3) is 0 Å². The van der Waals surface area contributed by atoms with Gasteiger partial charge in [-0.25, -0.2) is 8.42 Å². The molecule has 0 bridgehead atoms. The van der Waals surface area contributed by atoms with Crippen molar-refractivity contribution in [1.82, 2.24) is 15.5 Å². The lowest BCUT2D eigenvalue weighted by Gasteiger charge is -2.34. The predicted molar refractivity (Wildman–Crippen MR) is 132 cm³/mol. The van der Waals surface area contributed by atoms with Crippen LogP contribution in [0.4, 0.5) is 0 Å². The first kappa shape index (κ1) is 26.9. The van der Waals surface area contributed by atoms with Gasteiger partial charge in [-0.1, -0.05) is 19.1 Å². The largest absolute Gasteiger partial charge is 0.497 e. The van der Waals surface area contributed by atoms with E-state index in [4.69, 9.17) is 14.5 Å². The Morgan fingerprint density at radius 1 is 1.20 bits per heavy atom. The maximum atomic E-state index is 11.7. The highest BCUT2D eigenvalue weighted by Gasteiger charge is 2.22. The van der Waals surface area contributed by atoms with Crippen LogP contribution in [0.3, 0.4) is 0 Å². The Balaban J connectivity index is 0.00000450. The van der Waals surface area contributed by atoms with Crippen molar-refractivity contribution >= 4 is 39.8 Å². The molecule has 1 atom stereocenters. The zero-order chi connectivity index (χ0) is 21.1. The molecule has 8 nitrogen and oxygen atoms in total. The van der Waals surface area contributed by atoms with Gasteiger partial charge in [-0.2, -0.15) is 0 Å². The molecule has 2 N–H and O–H groups in total. The summed E-state index contributed by atoms with van der Waals surface area (Å²) in [4.78, 5) is 7.11. The summed E-state index contributed by atoms with van der Waals surface area (Å²) in [5.41, 5.74) is 1.17. The number of hydrogen-bond acceptors (Lipinski definition) is 6. The molecule has 1 aromatic rings. The number of morpholine rings is 1. The topological polar surface area (TPSA) is 92.3 Å². The molecule has 30 heavy (non-hydrogen) atoms. The van der Waals surface area contributed by atoms with E-state index in [1.54, 1.807) is 14.0 Å². The molecule has 0 aliphatic carbocycles. The third-order valence-electron chi connectivity index (χ3n) is 4.90. The van der Waals surface area contributed by atoms with Crippen LogP contribution in [0.1, 0.15) is 25.5 Å². The lowest BCUT2D eigenvalue weighted by Crippen LogP contribution is -2.42. The van der Waals surface area contributed by atoms with E-state index in [1.807, 2.05) is 19.1 Å². The number of ether oxygens (including phenoxy) is 2. The van der Waals surface area contributed by atoms with Crippen LogP contribution in [0.2, 0.25) is 0 Å². The van der Waals surface area contributed by atoms with Gasteiger partial charge < -0.3 is 20.1 Å². The van der Waals surface area contributed by atoms with Gasteiger partial charge in [-0.05, 0) is 24.6 Å². The van der Waals surface area contributed by atoms with Crippen LogP contribution < -0.4 is 15.4 Å². The van der Waals surface area contributed by atoms with Crippen molar-refractivity contribution in [2.75, 3.05) is 64.6 Å². The van der Waals surface area contributed by atoms with Gasteiger partial charge >= 0.3 is 0 Å². The fraction of sp³-hybridized carbons (Fsp3) is 0.650. The average Bonchev–Trinajstić information content (AvgIpc) is 2.75. The SMILES string of the molecule is CCNC(=NCC(c1ccc(OC)cc1)N1CCOCC1)NCCS(=O)(=O)CC.I. The van der Waals surface area contributed by atoms with E-state index < -0.39 is 9.84 Å². The van der Waals surface area contributed by atoms with Crippen LogP contribution in [-0.2, 0) is 14.6 Å². The minimum atomic E-state index is -3.01. The fourth-order valence-corrected chi connectivity index (χ4v) is 3.84. The second-order valence-electron chi connectivity index (χ2n) is 6.82. The number of rotatable bonds is 10. The first-order chi connectivity index (χ1) is 14.0. The van der Waals surface area contributed by atoms with E-state index in [-0.39, 0.29) is 41.5 Å². The number of aliphatic imine (C=N–C) groups is 1. The first-order valence-electron chi connectivity index (χ1n) is 10.2. The zero-order valence-electron chi connectivity index (χ0n) is 18.1. The van der Waals surface area contributed by atoms with Crippen LogP contribution in [0, 0.1) is 0 Å². The molecule has 0 aromatic heterocycles. The van der Waals surface area contributed by atoms with Crippen molar-refractivity contribution in [2.24, 2.45) is 4.99 Å². The van der Waals surface area contributed by atoms with Crippen LogP contribution in [-0.4, -0.2) is 83.8 Å². The highest BCUT2D eigenvalue weighted by molar-refractivity contribution is 14.0. The highest BCUT2D eigenvalue weighted by atomic mass is 127. The van der Waals surface area contributed by atoms with Gasteiger partial charge in [0.2, 0.25) is 0 Å². The molecule has 1 heterocycles. The predicted octanol–water partition coefficient (Wildman–Crippen LogP) is 1.68. The summed E-state index contributed by atoms with van der Waals surface area (Å²) in [7, 11) is -1.35. The molecule has 0 saturated carbocycles. The Labute approximate surface area is 197 Å². The lowest BCUT2D eigenvalue weighted by atomic mass is 10.0. The van der Waals surface area contributed by atoms with E-state index in [0.717, 1.165) is 18.8 Å². The molecular formula is C20H35IN4O4S. The average molecular weight is 554 g/mol. The Morgan fingerprint density at radius 3 is 2.43 bits per heavy atom. The van der Waals surface area contributed by atoms with Crippen LogP contribution in [0.25, 0.3) is 0 Å². The number of sulfone groups is 1. The van der Waals surface area contributed by atoms with Crippen LogP contribution >= 0.6 is 24.0 Å². The van der Waals surface area contributed by atoms with E-state index in [2.05, 4.69) is 27.7 Å². The van der Waals surface area contributed by atoms with Crippen LogP contribution in [0.15, 0.2) is 29.3 Å². The minimum absolute atomic E-state index is 0. The third-order valence-corrected chi connectivity index (χ3v) is 6.60. The Morgan fingerprint density at radius 2 is 1.87 bits per heavy atom. The van der Waals surface area contributed by atoms with Gasteiger partial charge in [0, 0.05) is 31.9 Å². The van der Waals surface area contributed by atoms with Gasteiger partial charge in [0.05, 0.1) is 38.7 Å². The van der Waals surface area contributed by atoms with Gasteiger partial charge in [-0.3, -0.25) is 9.89 Å². The van der Waals surface area contributed by atoms with E-state index >= 15 is 0 Å². The van der Waals surface area contributed by atoms with Crippen molar-refractivity contribution in [3.63, 3.8) is 0 Å². The number of nitrogens with zero attached hydrogens (tertiary/aromatic N) is 2. The lowest BCUT2D eigenvalue weighted by molar-refractivity contribution is 0.0179. The number of methoxy groups -OCH3 is 1. The van der Waals surface area contributed by atoms with Gasteiger partial charge in [0.15, 0.2) is 15.8 Å². The molecule has 1 unspecified atom stereocenters. The van der Waals surface area contributed by atoms with Crippen molar-refractivity contribution < 1.29 is 17.9 Å². The molecule has 1 aromatic carbocycles. The molecule has 1 fully saturated rings. The number of guanidine groups is 1. The summed E-state index contributed by atoms with van der Waals surface area (Å²) in [5, 5.41) is 6.33. The number of hydrogen-bond donors (Lipinski definition) is 2. The summed E-state index contributed by atoms with van der Waals surface area (Å²) in [6.45, 7) is 8.38. The second-order valence-corrected chi connectivity index (χ2v) is 9.29. The monoisotopic (exact) mass is 554 g/mol. The number of halogens is 1. The van der Waals surface area contributed by atoms with Gasteiger partial charge in [-0.15, -0.1) is 24.0 Å². The Hall–Kier alpha value is -1.11. The Bertz CT molecular complexity index is 738. The normalized spacial score (nSPS) is 16.4. The number of nitrogens with one attached hydrogen (secondary N) is 2. The summed E-state index contributed by atoms with van der Waals surface area (Å²) >= 11 is 0. The smallest absolute Gasteiger partial charge is 0.191 e. The molecule has 1 saturated heterocycles. The molecule has 0 spiro atoms. The summed E-state index contributed by atoms with van der Waals surface area (Å²) in [5.74, 6) is 1.70. The van der Waals surface area contributed by atoms with Crippen molar-refractivity contribution in [3.05, 3.63) is 29.8 Å². The molecule has 0 radical (unpaired) electrons. The number of benzene rings is 1. The fourth-order valence-electron chi connectivity index (χ4n) is 3.14. The van der Waals surface area contributed by atoms with E-state index in [0.29, 0.717) is 38.8 Å². The van der Waals surface area contributed by atoms with E-state index in [9.17, 15) is 8.42 Å². The van der Waals surface area contributed by atoms with Crippen LogP contribution in [0.5, 0.6) is 5.75 Å². The summed E-state index contributed by atoms with van der Waals surface area (Å²) in [6, 6.07) is 8.18. The quantitative estimate of drug-likeness (QED) is 0.258. The molecule has 172 valence electrons. The van der Waals surface area contributed by atoms with Crippen molar-refractivity contribution in [2.45, 2.75) is 19.9 Å². The second kappa shape index (κ2) is 14.0. The molecule has 1 aliphatic rings. The van der Waals surface area contributed by atoms with Gasteiger partial charge in [0.1, 0.15) is 5.75 Å². The zero-order valence-corrected chi connectivity index (χ0v) is 21.2. The third kappa shape index (κ3) is 8.94. The standard InChI is InChI=1S/C20H34N4O4S.HI/c1-4-21-20(22-10-15-29(25,26)5-2)23-16-19(24-11-13-28-14-12-24)17-6-8-18(27-3)9-7-17;/h6-9,19H,4-5,10-16H2,1-3H3,(H2,21,22,23);1H. The molecule has 10 heteroatoms. The van der Waals surface area contributed by atoms with Crippen molar-refractivity contribution in [3.8, 4) is 5.75 Å². The highest BCUT2D eigenvalue weighted by Crippen LogP contribution is 2.24. The maximum absolute atomic E-state index is 11.7. The first-order valence-corrected chi connectivity index (χ1v) is 12.0. The summed E-state index contributed by atoms with van der Waals surface area (Å²) < 4.78 is 34.2. The van der Waals surface area contributed by atoms with E-state index in [1.165, 1.54) is 5.56 Å². The molecular weight excluding hydrogens is 519 g/mol. The maximum Gasteiger partial charge on any atom is 0.191 e. The molecule has 0 amide bonds. The summed E-state index contributed by atoms with van der Waals surface area (Å²) in [6.07, 6.45) is 0. The minimum Gasteiger partial charge on any atom is -0.497 e. The Kier molecular flexibility index (Phi) is 12.6. The molecule has 1 aliphatic heterocycles.